The summed E-state index contributed by atoms with van der Waals surface area (Å²) in [4.78, 5) is 0. The van der Waals surface area contributed by atoms with E-state index in [4.69, 9.17) is 15.7 Å². The van der Waals surface area contributed by atoms with Crippen LogP contribution in [-0.2, 0) is 0 Å². The Balaban J connectivity index is 2.41. The fourth-order valence-electron chi connectivity index (χ4n) is 1.64. The number of hydrogen-bond donors (Lipinski definition) is 2. The molecule has 3 N–H and O–H groups in total. The number of para-hydroxylation sites is 1. The number of oxime groups is 1. The highest BCUT2D eigenvalue weighted by Crippen LogP contribution is 2.30. The molecule has 0 radical (unpaired) electrons. The van der Waals surface area contributed by atoms with E-state index in [2.05, 4.69) is 5.16 Å². The number of hydrogen-bond acceptors (Lipinski definition) is 3. The molecular formula is C14H12F2N2O2. The van der Waals surface area contributed by atoms with Crippen LogP contribution < -0.4 is 10.5 Å². The molecular weight excluding hydrogens is 266 g/mol. The zero-order chi connectivity index (χ0) is 14.7. The molecule has 0 amide bonds. The first-order chi connectivity index (χ1) is 9.52. The van der Waals surface area contributed by atoms with Gasteiger partial charge in [0.05, 0.1) is 0 Å². The first-order valence-electron chi connectivity index (χ1n) is 5.73. The topological polar surface area (TPSA) is 67.8 Å². The van der Waals surface area contributed by atoms with E-state index in [0.29, 0.717) is 5.75 Å². The van der Waals surface area contributed by atoms with Crippen LogP contribution in [0.3, 0.4) is 0 Å². The Kier molecular flexibility index (Phi) is 3.84. The molecule has 6 heteroatoms. The minimum absolute atomic E-state index is 0.0698. The maximum absolute atomic E-state index is 13.9. The normalized spacial score (nSPS) is 11.4. The average Bonchev–Trinajstić information content (AvgIpc) is 2.43. The molecule has 0 saturated heterocycles. The van der Waals surface area contributed by atoms with Gasteiger partial charge in [-0.1, -0.05) is 23.4 Å². The summed E-state index contributed by atoms with van der Waals surface area (Å²) in [6, 6.07) is 8.72. The van der Waals surface area contributed by atoms with Crippen LogP contribution in [0.4, 0.5) is 8.78 Å². The van der Waals surface area contributed by atoms with Gasteiger partial charge in [-0.2, -0.15) is 0 Å². The van der Waals surface area contributed by atoms with Crippen LogP contribution in [-0.4, -0.2) is 11.0 Å². The van der Waals surface area contributed by atoms with Crippen molar-refractivity contribution in [2.24, 2.45) is 10.9 Å². The number of aryl methyl sites for hydroxylation is 1. The second-order valence-corrected chi connectivity index (χ2v) is 4.12. The second-order valence-electron chi connectivity index (χ2n) is 4.12. The lowest BCUT2D eigenvalue weighted by Crippen LogP contribution is -2.14. The molecule has 2 aromatic rings. The van der Waals surface area contributed by atoms with Crippen molar-refractivity contribution in [1.29, 1.82) is 0 Å². The van der Waals surface area contributed by atoms with E-state index in [-0.39, 0.29) is 11.4 Å². The molecule has 0 atom stereocenters. The lowest BCUT2D eigenvalue weighted by atomic mass is 10.2. The van der Waals surface area contributed by atoms with E-state index in [9.17, 15) is 8.78 Å². The molecule has 0 saturated carbocycles. The summed E-state index contributed by atoms with van der Waals surface area (Å²) in [5.74, 6) is -2.44. The van der Waals surface area contributed by atoms with Crippen molar-refractivity contribution in [2.75, 3.05) is 0 Å². The standard InChI is InChI=1S/C14H12F2N2O2/c1-8-4-2-3-5-12(8)20-13-10(15)6-9(7-11(13)16)14(17)18-19/h2-7,19H,1H3,(H2,17,18). The van der Waals surface area contributed by atoms with Crippen LogP contribution >= 0.6 is 0 Å². The van der Waals surface area contributed by atoms with Crippen molar-refractivity contribution in [3.8, 4) is 11.5 Å². The van der Waals surface area contributed by atoms with Gasteiger partial charge >= 0.3 is 0 Å². The fourth-order valence-corrected chi connectivity index (χ4v) is 1.64. The third kappa shape index (κ3) is 2.69. The highest BCUT2D eigenvalue weighted by atomic mass is 19.1. The third-order valence-corrected chi connectivity index (χ3v) is 2.71. The summed E-state index contributed by atoms with van der Waals surface area (Å²) < 4.78 is 33.0. The van der Waals surface area contributed by atoms with Crippen LogP contribution in [0, 0.1) is 18.6 Å². The van der Waals surface area contributed by atoms with E-state index in [0.717, 1.165) is 17.7 Å². The lowest BCUT2D eigenvalue weighted by Gasteiger charge is -2.11. The summed E-state index contributed by atoms with van der Waals surface area (Å²) in [6.45, 7) is 1.76. The van der Waals surface area contributed by atoms with Gasteiger partial charge in [-0.25, -0.2) is 8.78 Å². The monoisotopic (exact) mass is 278 g/mol. The first-order valence-corrected chi connectivity index (χ1v) is 5.73. The van der Waals surface area contributed by atoms with Gasteiger partial charge in [0.25, 0.3) is 0 Å². The molecule has 0 bridgehead atoms. The van der Waals surface area contributed by atoms with Crippen LogP contribution in [0.2, 0.25) is 0 Å². The van der Waals surface area contributed by atoms with Crippen molar-refractivity contribution in [3.63, 3.8) is 0 Å². The van der Waals surface area contributed by atoms with Gasteiger partial charge in [0.15, 0.2) is 23.2 Å². The van der Waals surface area contributed by atoms with E-state index in [1.807, 2.05) is 0 Å². The average molecular weight is 278 g/mol. The van der Waals surface area contributed by atoms with E-state index < -0.39 is 17.4 Å². The Morgan fingerprint density at radius 2 is 1.80 bits per heavy atom. The summed E-state index contributed by atoms with van der Waals surface area (Å²) in [5, 5.41) is 11.2. The van der Waals surface area contributed by atoms with Crippen molar-refractivity contribution < 1.29 is 18.7 Å². The van der Waals surface area contributed by atoms with E-state index in [1.54, 1.807) is 31.2 Å². The zero-order valence-electron chi connectivity index (χ0n) is 10.6. The maximum Gasteiger partial charge on any atom is 0.198 e. The van der Waals surface area contributed by atoms with Crippen molar-refractivity contribution in [1.82, 2.24) is 0 Å². The quantitative estimate of drug-likeness (QED) is 0.392. The number of rotatable bonds is 3. The molecule has 0 aromatic heterocycles. The molecule has 0 aliphatic heterocycles. The molecule has 104 valence electrons. The number of benzene rings is 2. The van der Waals surface area contributed by atoms with Gasteiger partial charge in [-0.05, 0) is 30.7 Å². The molecule has 0 aliphatic rings. The van der Waals surface area contributed by atoms with Gasteiger partial charge < -0.3 is 15.7 Å². The Bertz CT molecular complexity index is 649. The van der Waals surface area contributed by atoms with Gasteiger partial charge in [0.2, 0.25) is 0 Å². The molecule has 4 nitrogen and oxygen atoms in total. The Morgan fingerprint density at radius 3 is 2.35 bits per heavy atom. The lowest BCUT2D eigenvalue weighted by molar-refractivity contribution is 0.318. The molecule has 0 spiro atoms. The minimum Gasteiger partial charge on any atom is -0.451 e. The van der Waals surface area contributed by atoms with Crippen LogP contribution in [0.15, 0.2) is 41.6 Å². The molecule has 20 heavy (non-hydrogen) atoms. The number of halogens is 2. The van der Waals surface area contributed by atoms with E-state index >= 15 is 0 Å². The van der Waals surface area contributed by atoms with Gasteiger partial charge in [-0.15, -0.1) is 0 Å². The highest BCUT2D eigenvalue weighted by molar-refractivity contribution is 5.97. The van der Waals surface area contributed by atoms with E-state index in [1.165, 1.54) is 0 Å². The highest BCUT2D eigenvalue weighted by Gasteiger charge is 2.16. The third-order valence-electron chi connectivity index (χ3n) is 2.71. The predicted octanol–water partition coefficient (Wildman–Crippen LogP) is 3.16. The predicted molar refractivity (Wildman–Crippen MR) is 70.1 cm³/mol. The van der Waals surface area contributed by atoms with Crippen molar-refractivity contribution in [3.05, 3.63) is 59.2 Å². The molecule has 0 heterocycles. The smallest absolute Gasteiger partial charge is 0.198 e. The van der Waals surface area contributed by atoms with Crippen LogP contribution in [0.25, 0.3) is 0 Å². The summed E-state index contributed by atoms with van der Waals surface area (Å²) in [5.41, 5.74) is 5.96. The Morgan fingerprint density at radius 1 is 1.20 bits per heavy atom. The largest absolute Gasteiger partial charge is 0.451 e. The van der Waals surface area contributed by atoms with Gasteiger partial charge in [-0.3, -0.25) is 0 Å². The second kappa shape index (κ2) is 5.56. The minimum atomic E-state index is -0.935. The number of nitrogens with zero attached hydrogens (tertiary/aromatic N) is 1. The number of ether oxygens (including phenoxy) is 1. The Hall–Kier alpha value is -2.63. The molecule has 0 unspecified atom stereocenters. The van der Waals surface area contributed by atoms with Crippen molar-refractivity contribution in [2.45, 2.75) is 6.92 Å². The Labute approximate surface area is 114 Å². The SMILES string of the molecule is Cc1ccccc1Oc1c(F)cc(/C(N)=N/O)cc1F. The number of amidine groups is 1. The molecule has 0 fully saturated rings. The van der Waals surface area contributed by atoms with Crippen LogP contribution in [0.1, 0.15) is 11.1 Å². The summed E-state index contributed by atoms with van der Waals surface area (Å²) in [6.07, 6.45) is 0. The van der Waals surface area contributed by atoms with Crippen molar-refractivity contribution >= 4 is 5.84 Å². The molecule has 2 aromatic carbocycles. The summed E-state index contributed by atoms with van der Waals surface area (Å²) >= 11 is 0. The van der Waals surface area contributed by atoms with Crippen LogP contribution in [0.5, 0.6) is 11.5 Å². The maximum atomic E-state index is 13.9. The fraction of sp³-hybridized carbons (Fsp3) is 0.0714. The zero-order valence-corrected chi connectivity index (χ0v) is 10.6. The molecule has 0 aliphatic carbocycles. The first kappa shape index (κ1) is 13.8. The van der Waals surface area contributed by atoms with Gasteiger partial charge in [0, 0.05) is 5.56 Å². The molecule has 2 rings (SSSR count). The number of nitrogens with two attached hydrogens (primary N) is 1. The van der Waals surface area contributed by atoms with Gasteiger partial charge in [0.1, 0.15) is 5.75 Å². The summed E-state index contributed by atoms with van der Waals surface area (Å²) in [7, 11) is 0.